The van der Waals surface area contributed by atoms with Crippen LogP contribution in [0, 0.1) is 0 Å². The molecular formula is C52H37N5. The Kier molecular flexibility index (Phi) is 8.65. The normalized spacial score (nSPS) is 11.2. The van der Waals surface area contributed by atoms with Crippen molar-refractivity contribution >= 4 is 33.2 Å². The van der Waals surface area contributed by atoms with Gasteiger partial charge >= 0.3 is 0 Å². The van der Waals surface area contributed by atoms with Gasteiger partial charge in [-0.15, -0.1) is 0 Å². The van der Waals surface area contributed by atoms with Crippen LogP contribution in [0.4, 0.5) is 11.4 Å². The van der Waals surface area contributed by atoms with E-state index >= 15 is 0 Å². The van der Waals surface area contributed by atoms with Crippen molar-refractivity contribution in [2.45, 2.75) is 0 Å². The molecule has 0 saturated carbocycles. The van der Waals surface area contributed by atoms with Gasteiger partial charge in [0, 0.05) is 57.1 Å². The number of fused-ring (bicyclic) bond motifs is 3. The minimum absolute atomic E-state index is 0.639. The number of hydrogen-bond donors (Lipinski definition) is 0. The van der Waals surface area contributed by atoms with E-state index in [0.717, 1.165) is 56.0 Å². The second-order valence-corrected chi connectivity index (χ2v) is 14.2. The first kappa shape index (κ1) is 33.9. The summed E-state index contributed by atoms with van der Waals surface area (Å²) in [5.41, 5.74) is 13.1. The Balaban J connectivity index is 0.983. The van der Waals surface area contributed by atoms with Gasteiger partial charge in [0.1, 0.15) is 0 Å². The van der Waals surface area contributed by atoms with Crippen LogP contribution in [0.15, 0.2) is 206 Å². The number of benzene rings is 8. The molecule has 2 heterocycles. The summed E-state index contributed by atoms with van der Waals surface area (Å²) in [6.07, 6.45) is 0. The predicted octanol–water partition coefficient (Wildman–Crippen LogP) is 13.1. The van der Waals surface area contributed by atoms with Crippen LogP contribution >= 0.6 is 0 Å². The topological polar surface area (TPSA) is 46.8 Å². The zero-order valence-electron chi connectivity index (χ0n) is 31.4. The van der Waals surface area contributed by atoms with Crippen molar-refractivity contribution < 1.29 is 0 Å². The smallest absolute Gasteiger partial charge is 0.164 e. The van der Waals surface area contributed by atoms with Crippen LogP contribution in [0.25, 0.3) is 83.9 Å². The average Bonchev–Trinajstić information content (AvgIpc) is 3.63. The fraction of sp³-hybridized carbons (Fsp3) is 0.0192. The second-order valence-electron chi connectivity index (χ2n) is 14.2. The van der Waals surface area contributed by atoms with Crippen molar-refractivity contribution in [3.8, 4) is 62.1 Å². The molecule has 0 amide bonds. The molecule has 0 fully saturated rings. The molecule has 2 aromatic heterocycles. The number of para-hydroxylation sites is 3. The molecule has 57 heavy (non-hydrogen) atoms. The molecule has 0 unspecified atom stereocenters. The van der Waals surface area contributed by atoms with Gasteiger partial charge < -0.3 is 9.47 Å². The Bertz CT molecular complexity index is 2950. The summed E-state index contributed by atoms with van der Waals surface area (Å²) in [4.78, 5) is 17.1. The van der Waals surface area contributed by atoms with Gasteiger partial charge in [-0.2, -0.15) is 0 Å². The van der Waals surface area contributed by atoms with Gasteiger partial charge in [-0.3, -0.25) is 0 Å². The summed E-state index contributed by atoms with van der Waals surface area (Å²) < 4.78 is 2.37. The third-order valence-corrected chi connectivity index (χ3v) is 10.7. The van der Waals surface area contributed by atoms with E-state index in [0.29, 0.717) is 17.5 Å². The summed E-state index contributed by atoms with van der Waals surface area (Å²) in [5.74, 6) is 1.94. The molecule has 0 aliphatic heterocycles. The quantitative estimate of drug-likeness (QED) is 0.156. The molecule has 0 aliphatic carbocycles. The lowest BCUT2D eigenvalue weighted by molar-refractivity contribution is 1.07. The SMILES string of the molecule is CN(c1ccc2c3ccccc3n(-c3ccccc3)c2c1)c1ccccc1-c1ccc(-c2cccc(-c3nc(-c4ccccc4)nc(-c4ccccc4)n3)c2)cc1. The van der Waals surface area contributed by atoms with E-state index in [-0.39, 0.29) is 0 Å². The van der Waals surface area contributed by atoms with Crippen molar-refractivity contribution in [3.63, 3.8) is 0 Å². The number of hydrogen-bond acceptors (Lipinski definition) is 4. The second kappa shape index (κ2) is 14.5. The van der Waals surface area contributed by atoms with Crippen LogP contribution in [-0.4, -0.2) is 26.6 Å². The molecule has 270 valence electrons. The lowest BCUT2D eigenvalue weighted by Crippen LogP contribution is -2.10. The van der Waals surface area contributed by atoms with Crippen molar-refractivity contribution in [1.82, 2.24) is 19.5 Å². The predicted molar refractivity (Wildman–Crippen MR) is 236 cm³/mol. The van der Waals surface area contributed by atoms with Crippen molar-refractivity contribution in [2.75, 3.05) is 11.9 Å². The number of rotatable bonds is 8. The summed E-state index contributed by atoms with van der Waals surface area (Å²) >= 11 is 0. The highest BCUT2D eigenvalue weighted by Crippen LogP contribution is 2.39. The fourth-order valence-electron chi connectivity index (χ4n) is 7.79. The van der Waals surface area contributed by atoms with Crippen LogP contribution in [0.3, 0.4) is 0 Å². The molecular weight excluding hydrogens is 695 g/mol. The first-order valence-electron chi connectivity index (χ1n) is 19.2. The Morgan fingerprint density at radius 3 is 1.60 bits per heavy atom. The standard InChI is InChI=1S/C52H37N5/c1-56(43-32-33-46-45-25-12-14-27-48(45)57(49(46)35-43)42-22-9-4-10-23-42)47-26-13-11-24-44(47)37-30-28-36(29-31-37)40-20-15-21-41(34-40)52-54-50(38-16-5-2-6-17-38)53-51(55-52)39-18-7-3-8-19-39/h2-35H,1H3. The number of nitrogens with zero attached hydrogens (tertiary/aromatic N) is 5. The highest BCUT2D eigenvalue weighted by molar-refractivity contribution is 6.10. The lowest BCUT2D eigenvalue weighted by atomic mass is 9.97. The Morgan fingerprint density at radius 2 is 0.895 bits per heavy atom. The molecule has 0 saturated heterocycles. The van der Waals surface area contributed by atoms with Crippen LogP contribution in [0.5, 0.6) is 0 Å². The van der Waals surface area contributed by atoms with E-state index in [1.54, 1.807) is 0 Å². The zero-order valence-corrected chi connectivity index (χ0v) is 31.4. The molecule has 0 radical (unpaired) electrons. The maximum Gasteiger partial charge on any atom is 0.164 e. The van der Waals surface area contributed by atoms with Crippen molar-refractivity contribution in [3.05, 3.63) is 206 Å². The molecule has 8 aromatic carbocycles. The minimum Gasteiger partial charge on any atom is -0.344 e. The number of anilines is 2. The zero-order chi connectivity index (χ0) is 38.1. The van der Waals surface area contributed by atoms with Gasteiger partial charge in [-0.1, -0.05) is 164 Å². The monoisotopic (exact) mass is 731 g/mol. The highest BCUT2D eigenvalue weighted by Gasteiger charge is 2.17. The highest BCUT2D eigenvalue weighted by atomic mass is 15.1. The summed E-state index contributed by atoms with van der Waals surface area (Å²) in [6.45, 7) is 0. The van der Waals surface area contributed by atoms with Crippen LogP contribution in [-0.2, 0) is 0 Å². The van der Waals surface area contributed by atoms with Crippen molar-refractivity contribution in [1.29, 1.82) is 0 Å². The Hall–Kier alpha value is -7.63. The molecule has 0 spiro atoms. The Morgan fingerprint density at radius 1 is 0.368 bits per heavy atom. The fourth-order valence-corrected chi connectivity index (χ4v) is 7.79. The number of aromatic nitrogens is 4. The van der Waals surface area contributed by atoms with Gasteiger partial charge in [0.15, 0.2) is 17.5 Å². The van der Waals surface area contributed by atoms with Crippen LogP contribution < -0.4 is 4.90 Å². The molecule has 0 N–H and O–H groups in total. The largest absolute Gasteiger partial charge is 0.344 e. The third-order valence-electron chi connectivity index (χ3n) is 10.7. The van der Waals surface area contributed by atoms with E-state index < -0.39 is 0 Å². The molecule has 5 heteroatoms. The van der Waals surface area contributed by atoms with E-state index in [1.165, 1.54) is 21.8 Å². The lowest BCUT2D eigenvalue weighted by Gasteiger charge is -2.23. The Labute approximate surface area is 331 Å². The van der Waals surface area contributed by atoms with Gasteiger partial charge in [0.25, 0.3) is 0 Å². The van der Waals surface area contributed by atoms with Gasteiger partial charge in [-0.25, -0.2) is 15.0 Å². The first-order chi connectivity index (χ1) is 28.2. The minimum atomic E-state index is 0.639. The first-order valence-corrected chi connectivity index (χ1v) is 19.2. The van der Waals surface area contributed by atoms with Gasteiger partial charge in [0.2, 0.25) is 0 Å². The molecule has 5 nitrogen and oxygen atoms in total. The summed E-state index contributed by atoms with van der Waals surface area (Å²) in [5, 5.41) is 2.49. The molecule has 10 aromatic rings. The van der Waals surface area contributed by atoms with Gasteiger partial charge in [-0.05, 0) is 59.2 Å². The van der Waals surface area contributed by atoms with E-state index in [1.807, 2.05) is 60.7 Å². The van der Waals surface area contributed by atoms with E-state index in [2.05, 4.69) is 162 Å². The average molecular weight is 732 g/mol. The maximum atomic E-state index is 4.96. The van der Waals surface area contributed by atoms with Gasteiger partial charge in [0.05, 0.1) is 11.0 Å². The molecule has 0 aliphatic rings. The molecule has 0 atom stereocenters. The van der Waals surface area contributed by atoms with Crippen LogP contribution in [0.2, 0.25) is 0 Å². The molecule has 0 bridgehead atoms. The molecule has 10 rings (SSSR count). The van der Waals surface area contributed by atoms with E-state index in [9.17, 15) is 0 Å². The van der Waals surface area contributed by atoms with Crippen LogP contribution in [0.1, 0.15) is 0 Å². The third kappa shape index (κ3) is 6.41. The summed E-state index contributed by atoms with van der Waals surface area (Å²) in [6, 6.07) is 72.2. The summed E-state index contributed by atoms with van der Waals surface area (Å²) in [7, 11) is 2.16. The van der Waals surface area contributed by atoms with Crippen molar-refractivity contribution in [2.24, 2.45) is 0 Å². The maximum absolute atomic E-state index is 4.96. The van der Waals surface area contributed by atoms with E-state index in [4.69, 9.17) is 15.0 Å².